The molecule has 0 unspecified atom stereocenters. The Morgan fingerprint density at radius 3 is 2.66 bits per heavy atom. The quantitative estimate of drug-likeness (QED) is 0.351. The van der Waals surface area contributed by atoms with E-state index in [-0.39, 0.29) is 18.0 Å². The number of ether oxygens (including phenoxy) is 1. The van der Waals surface area contributed by atoms with Crippen molar-refractivity contribution in [1.82, 2.24) is 15.5 Å². The third-order valence-electron chi connectivity index (χ3n) is 4.81. The molecule has 4 rings (SSSR count). The van der Waals surface area contributed by atoms with Gasteiger partial charge in [-0.3, -0.25) is 4.79 Å². The molecule has 3 aromatic carbocycles. The second-order valence-electron chi connectivity index (χ2n) is 7.16. The summed E-state index contributed by atoms with van der Waals surface area (Å²) in [5.74, 6) is -0.155. The molecule has 0 saturated heterocycles. The van der Waals surface area contributed by atoms with Gasteiger partial charge < -0.3 is 10.1 Å². The summed E-state index contributed by atoms with van der Waals surface area (Å²) in [6.45, 7) is 1.60. The zero-order chi connectivity index (χ0) is 22.7. The van der Waals surface area contributed by atoms with Crippen LogP contribution in [-0.4, -0.2) is 22.6 Å². The van der Waals surface area contributed by atoms with Gasteiger partial charge in [0.15, 0.2) is 0 Å². The van der Waals surface area contributed by atoms with E-state index in [0.717, 1.165) is 5.56 Å². The Morgan fingerprint density at radius 1 is 1.06 bits per heavy atom. The first-order chi connectivity index (χ1) is 15.4. The minimum absolute atomic E-state index is 0.00718. The van der Waals surface area contributed by atoms with Crippen LogP contribution in [-0.2, 0) is 0 Å². The predicted octanol–water partition coefficient (Wildman–Crippen LogP) is 6.48. The average Bonchev–Trinajstić information content (AvgIpc) is 2.77. The van der Waals surface area contributed by atoms with Crippen LogP contribution in [0, 0.1) is 6.92 Å². The summed E-state index contributed by atoms with van der Waals surface area (Å²) in [4.78, 5) is 13.1. The van der Waals surface area contributed by atoms with Crippen molar-refractivity contribution >= 4 is 40.0 Å². The molecule has 1 aromatic heterocycles. The van der Waals surface area contributed by atoms with Crippen molar-refractivity contribution in [2.24, 2.45) is 0 Å². The van der Waals surface area contributed by atoms with Gasteiger partial charge in [0.25, 0.3) is 11.8 Å². The number of nitrogens with one attached hydrogen (secondary N) is 1. The molecule has 1 N–H and O–H groups in total. The van der Waals surface area contributed by atoms with Gasteiger partial charge in [-0.25, -0.2) is 4.39 Å². The lowest BCUT2D eigenvalue weighted by atomic mass is 10.1. The van der Waals surface area contributed by atoms with E-state index in [1.807, 2.05) is 6.92 Å². The van der Waals surface area contributed by atoms with E-state index in [0.29, 0.717) is 32.3 Å². The summed E-state index contributed by atoms with van der Waals surface area (Å²) in [5.41, 5.74) is 1.89. The molecule has 5 nitrogen and oxygen atoms in total. The lowest BCUT2D eigenvalue weighted by molar-refractivity contribution is 0.0940. The maximum atomic E-state index is 14.8. The van der Waals surface area contributed by atoms with Gasteiger partial charge in [-0.15, -0.1) is 10.2 Å². The van der Waals surface area contributed by atoms with Crippen molar-refractivity contribution in [2.45, 2.75) is 13.1 Å². The second-order valence-corrected chi connectivity index (χ2v) is 8.00. The van der Waals surface area contributed by atoms with Gasteiger partial charge in [0.2, 0.25) is 0 Å². The van der Waals surface area contributed by atoms with E-state index in [9.17, 15) is 9.18 Å². The van der Waals surface area contributed by atoms with Crippen molar-refractivity contribution in [1.29, 1.82) is 0 Å². The number of hydrogen-bond acceptors (Lipinski definition) is 4. The Labute approximate surface area is 194 Å². The van der Waals surface area contributed by atoms with Crippen LogP contribution in [0.4, 0.5) is 4.39 Å². The van der Waals surface area contributed by atoms with Gasteiger partial charge in [-0.2, -0.15) is 0 Å². The lowest BCUT2D eigenvalue weighted by Gasteiger charge is -2.15. The first-order valence-corrected chi connectivity index (χ1v) is 10.5. The van der Waals surface area contributed by atoms with Gasteiger partial charge >= 0.3 is 0 Å². The Hall–Kier alpha value is -3.22. The molecule has 32 heavy (non-hydrogen) atoms. The van der Waals surface area contributed by atoms with Crippen molar-refractivity contribution < 1.29 is 13.9 Å². The second kappa shape index (κ2) is 9.51. The molecule has 162 valence electrons. The molecule has 1 atom stereocenters. The molecule has 0 radical (unpaired) electrons. The number of fused-ring (bicyclic) bond motifs is 1. The highest BCUT2D eigenvalue weighted by atomic mass is 35.5. The Bertz CT molecular complexity index is 1300. The third-order valence-corrected chi connectivity index (χ3v) is 5.37. The van der Waals surface area contributed by atoms with E-state index < -0.39 is 12.1 Å². The van der Waals surface area contributed by atoms with Gasteiger partial charge in [0.05, 0.1) is 12.1 Å². The number of benzene rings is 3. The van der Waals surface area contributed by atoms with Crippen LogP contribution in [0.15, 0.2) is 66.7 Å². The number of carbonyl (C=O) groups excluding carboxylic acids is 1. The SMILES string of the molecule is Cc1ccc([C@@H](F)CNC(=O)c2c(Oc3cccc(Cl)c3)nnc3ccccc23)c(Cl)c1. The summed E-state index contributed by atoms with van der Waals surface area (Å²) < 4.78 is 20.6. The predicted molar refractivity (Wildman–Crippen MR) is 123 cm³/mol. The molecule has 0 aliphatic heterocycles. The third kappa shape index (κ3) is 4.82. The van der Waals surface area contributed by atoms with Gasteiger partial charge in [0.1, 0.15) is 17.5 Å². The molecule has 0 bridgehead atoms. The van der Waals surface area contributed by atoms with Crippen molar-refractivity contribution in [3.05, 3.63) is 93.5 Å². The molecule has 1 amide bonds. The number of alkyl halides is 1. The summed E-state index contributed by atoms with van der Waals surface area (Å²) in [6.07, 6.45) is -1.48. The highest BCUT2D eigenvalue weighted by Crippen LogP contribution is 2.30. The molecule has 0 aliphatic carbocycles. The standard InChI is InChI=1S/C24H18Cl2FN3O2/c1-14-9-10-17(19(26)11-14)20(27)13-28-23(31)22-18-7-2-3-8-21(18)29-30-24(22)32-16-6-4-5-15(25)12-16/h2-12,20H,13H2,1H3,(H,28,31)/t20-/m0/s1. The number of amides is 1. The van der Waals surface area contributed by atoms with Crippen molar-refractivity contribution in [2.75, 3.05) is 6.54 Å². The molecule has 0 fully saturated rings. The molecular weight excluding hydrogens is 452 g/mol. The normalized spacial score (nSPS) is 11.9. The average molecular weight is 470 g/mol. The summed E-state index contributed by atoms with van der Waals surface area (Å²) in [6, 6.07) is 18.8. The zero-order valence-corrected chi connectivity index (χ0v) is 18.5. The van der Waals surface area contributed by atoms with E-state index >= 15 is 0 Å². The Kier molecular flexibility index (Phi) is 6.53. The fourth-order valence-electron chi connectivity index (χ4n) is 3.24. The highest BCUT2D eigenvalue weighted by molar-refractivity contribution is 6.31. The Balaban J connectivity index is 1.63. The number of rotatable bonds is 6. The number of aromatic nitrogens is 2. The fraction of sp³-hybridized carbons (Fsp3) is 0.125. The van der Waals surface area contributed by atoms with Gasteiger partial charge in [-0.1, -0.05) is 59.6 Å². The fourth-order valence-corrected chi connectivity index (χ4v) is 3.77. The molecular formula is C24H18Cl2FN3O2. The molecule has 1 heterocycles. The molecule has 4 aromatic rings. The summed E-state index contributed by atoms with van der Waals surface area (Å²) in [7, 11) is 0. The van der Waals surface area contributed by atoms with Crippen LogP contribution in [0.5, 0.6) is 11.6 Å². The molecule has 8 heteroatoms. The van der Waals surface area contributed by atoms with Crippen LogP contribution in [0.3, 0.4) is 0 Å². The van der Waals surface area contributed by atoms with E-state index in [2.05, 4.69) is 15.5 Å². The maximum absolute atomic E-state index is 14.8. The van der Waals surface area contributed by atoms with Gasteiger partial charge in [-0.05, 0) is 42.8 Å². The minimum Gasteiger partial charge on any atom is -0.437 e. The topological polar surface area (TPSA) is 64.1 Å². The largest absolute Gasteiger partial charge is 0.437 e. The van der Waals surface area contributed by atoms with Crippen LogP contribution in [0.2, 0.25) is 10.0 Å². The van der Waals surface area contributed by atoms with E-state index in [1.54, 1.807) is 66.7 Å². The number of carbonyl (C=O) groups is 1. The molecule has 0 aliphatic rings. The van der Waals surface area contributed by atoms with E-state index in [4.69, 9.17) is 27.9 Å². The summed E-state index contributed by atoms with van der Waals surface area (Å²) in [5, 5.41) is 12.1. The van der Waals surface area contributed by atoms with Crippen LogP contribution >= 0.6 is 23.2 Å². The first kappa shape index (κ1) is 22.0. The minimum atomic E-state index is -1.48. The number of halogens is 3. The Morgan fingerprint density at radius 2 is 1.88 bits per heavy atom. The molecule has 0 saturated carbocycles. The van der Waals surface area contributed by atoms with Crippen molar-refractivity contribution in [3.63, 3.8) is 0 Å². The monoisotopic (exact) mass is 469 g/mol. The summed E-state index contributed by atoms with van der Waals surface area (Å²) >= 11 is 12.2. The zero-order valence-electron chi connectivity index (χ0n) is 17.0. The van der Waals surface area contributed by atoms with Crippen LogP contribution < -0.4 is 10.1 Å². The van der Waals surface area contributed by atoms with E-state index in [1.165, 1.54) is 0 Å². The highest BCUT2D eigenvalue weighted by Gasteiger charge is 2.22. The first-order valence-electron chi connectivity index (χ1n) is 9.79. The number of nitrogens with zero attached hydrogens (tertiary/aromatic N) is 2. The van der Waals surface area contributed by atoms with Crippen molar-refractivity contribution in [3.8, 4) is 11.6 Å². The van der Waals surface area contributed by atoms with Crippen LogP contribution in [0.1, 0.15) is 27.7 Å². The van der Waals surface area contributed by atoms with Crippen LogP contribution in [0.25, 0.3) is 10.9 Å². The smallest absolute Gasteiger partial charge is 0.257 e. The lowest BCUT2D eigenvalue weighted by Crippen LogP contribution is -2.28. The van der Waals surface area contributed by atoms with Gasteiger partial charge in [0, 0.05) is 21.0 Å². The maximum Gasteiger partial charge on any atom is 0.257 e. The molecule has 0 spiro atoms. The number of hydrogen-bond donors (Lipinski definition) is 1. The number of aryl methyl sites for hydroxylation is 1.